The van der Waals surface area contributed by atoms with E-state index in [1.807, 2.05) is 12.1 Å². The van der Waals surface area contributed by atoms with E-state index in [1.165, 1.54) is 0 Å². The first-order valence-corrected chi connectivity index (χ1v) is 5.18. The monoisotopic (exact) mass is 221 g/mol. The van der Waals surface area contributed by atoms with Gasteiger partial charge < -0.3 is 9.72 Å². The van der Waals surface area contributed by atoms with Crippen LogP contribution in [0.5, 0.6) is 5.75 Å². The number of nitrogens with one attached hydrogen (secondary N) is 1. The zero-order chi connectivity index (χ0) is 10.8. The summed E-state index contributed by atoms with van der Waals surface area (Å²) in [6.07, 6.45) is 1.70. The van der Waals surface area contributed by atoms with Crippen molar-refractivity contribution in [3.05, 3.63) is 40.2 Å². The predicted octanol–water partition coefficient (Wildman–Crippen LogP) is 1.97. The third-order valence-corrected chi connectivity index (χ3v) is 2.68. The smallest absolute Gasteiger partial charge is 0.193 e. The van der Waals surface area contributed by atoms with E-state index in [9.17, 15) is 4.79 Å². The van der Waals surface area contributed by atoms with E-state index in [0.29, 0.717) is 22.5 Å². The van der Waals surface area contributed by atoms with E-state index in [4.69, 9.17) is 4.74 Å². The lowest BCUT2D eigenvalue weighted by Crippen LogP contribution is -2.08. The second-order valence-corrected chi connectivity index (χ2v) is 3.53. The van der Waals surface area contributed by atoms with Gasteiger partial charge in [-0.25, -0.2) is 0 Å². The predicted molar refractivity (Wildman–Crippen MR) is 63.8 cm³/mol. The van der Waals surface area contributed by atoms with Crippen molar-refractivity contribution < 1.29 is 4.74 Å². The fourth-order valence-electron chi connectivity index (χ4n) is 1.48. The van der Waals surface area contributed by atoms with Gasteiger partial charge in [0.25, 0.3) is 0 Å². The summed E-state index contributed by atoms with van der Waals surface area (Å²) in [4.78, 5) is 15.0. The van der Waals surface area contributed by atoms with Gasteiger partial charge in [-0.3, -0.25) is 4.79 Å². The molecule has 0 bridgehead atoms. The fourth-order valence-corrected chi connectivity index (χ4v) is 1.72. The highest BCUT2D eigenvalue weighted by Crippen LogP contribution is 2.16. The number of benzene rings is 1. The summed E-state index contributed by atoms with van der Waals surface area (Å²) in [5.41, 5.74) is 1.49. The van der Waals surface area contributed by atoms with Crippen molar-refractivity contribution in [2.75, 3.05) is 7.11 Å². The molecular weight excluding hydrogens is 210 g/mol. The van der Waals surface area contributed by atoms with Gasteiger partial charge in [0.15, 0.2) is 5.43 Å². The molecule has 1 aromatic carbocycles. The number of aromatic nitrogens is 1. The molecule has 4 heteroatoms. The first-order valence-electron chi connectivity index (χ1n) is 4.55. The lowest BCUT2D eigenvalue weighted by atomic mass is 10.1. The number of thiol groups is 1. The molecule has 0 atom stereocenters. The highest BCUT2D eigenvalue weighted by molar-refractivity contribution is 7.79. The van der Waals surface area contributed by atoms with Gasteiger partial charge >= 0.3 is 0 Å². The molecule has 2 aromatic rings. The summed E-state index contributed by atoms with van der Waals surface area (Å²) in [5.74, 6) is 1.12. The molecule has 0 saturated carbocycles. The molecule has 0 aliphatic rings. The maximum Gasteiger partial charge on any atom is 0.193 e. The summed E-state index contributed by atoms with van der Waals surface area (Å²) in [6.45, 7) is 0. The molecule has 1 heterocycles. The van der Waals surface area contributed by atoms with Gasteiger partial charge in [0.05, 0.1) is 7.11 Å². The number of hydrogen-bond donors (Lipinski definition) is 2. The van der Waals surface area contributed by atoms with Gasteiger partial charge in [0, 0.05) is 28.4 Å². The van der Waals surface area contributed by atoms with Crippen LogP contribution in [0.2, 0.25) is 0 Å². The van der Waals surface area contributed by atoms with Crippen LogP contribution in [0, 0.1) is 0 Å². The van der Waals surface area contributed by atoms with Crippen molar-refractivity contribution in [1.82, 2.24) is 4.98 Å². The summed E-state index contributed by atoms with van der Waals surface area (Å²) in [7, 11) is 1.58. The third-order valence-electron chi connectivity index (χ3n) is 2.34. The maximum absolute atomic E-state index is 11.9. The average molecular weight is 221 g/mol. The highest BCUT2D eigenvalue weighted by atomic mass is 32.1. The number of rotatable bonds is 2. The Morgan fingerprint density at radius 3 is 2.93 bits per heavy atom. The van der Waals surface area contributed by atoms with E-state index in [-0.39, 0.29) is 5.43 Å². The Balaban J connectivity index is 2.78. The van der Waals surface area contributed by atoms with Crippen LogP contribution in [0.15, 0.2) is 29.2 Å². The molecule has 78 valence electrons. The number of hydrogen-bond acceptors (Lipinski definition) is 3. The standard InChI is InChI=1S/C11H11NO2S/c1-14-8-2-3-10-9(4-8)11(13)7(6-15)5-12-10/h2-5,15H,6H2,1H3,(H,12,13). The Kier molecular flexibility index (Phi) is 2.68. The Morgan fingerprint density at radius 1 is 1.47 bits per heavy atom. The summed E-state index contributed by atoms with van der Waals surface area (Å²) >= 11 is 4.10. The molecule has 2 rings (SSSR count). The minimum atomic E-state index is 0.0117. The van der Waals surface area contributed by atoms with Crippen molar-refractivity contribution in [1.29, 1.82) is 0 Å². The number of H-pyrrole nitrogens is 1. The Labute approximate surface area is 92.5 Å². The molecule has 0 radical (unpaired) electrons. The van der Waals surface area contributed by atoms with Crippen LogP contribution in [-0.4, -0.2) is 12.1 Å². The van der Waals surface area contributed by atoms with Crippen molar-refractivity contribution in [3.8, 4) is 5.75 Å². The van der Waals surface area contributed by atoms with E-state index in [2.05, 4.69) is 17.6 Å². The molecule has 0 fully saturated rings. The molecule has 0 aliphatic carbocycles. The number of fused-ring (bicyclic) bond motifs is 1. The molecule has 1 N–H and O–H groups in total. The van der Waals surface area contributed by atoms with Gasteiger partial charge in [0.2, 0.25) is 0 Å². The average Bonchev–Trinajstić information content (AvgIpc) is 2.29. The van der Waals surface area contributed by atoms with Crippen LogP contribution in [0.4, 0.5) is 0 Å². The largest absolute Gasteiger partial charge is 0.497 e. The van der Waals surface area contributed by atoms with E-state index >= 15 is 0 Å². The quantitative estimate of drug-likeness (QED) is 0.761. The molecular formula is C11H11NO2S. The van der Waals surface area contributed by atoms with E-state index in [0.717, 1.165) is 5.52 Å². The van der Waals surface area contributed by atoms with Crippen LogP contribution in [0.25, 0.3) is 10.9 Å². The van der Waals surface area contributed by atoms with Crippen LogP contribution in [-0.2, 0) is 5.75 Å². The Hall–Kier alpha value is -1.42. The molecule has 0 unspecified atom stereocenters. The van der Waals surface area contributed by atoms with Gasteiger partial charge in [-0.05, 0) is 18.2 Å². The summed E-state index contributed by atoms with van der Waals surface area (Å²) in [6, 6.07) is 5.39. The molecule has 15 heavy (non-hydrogen) atoms. The van der Waals surface area contributed by atoms with Crippen LogP contribution < -0.4 is 10.2 Å². The maximum atomic E-state index is 11.9. The minimum Gasteiger partial charge on any atom is -0.497 e. The van der Waals surface area contributed by atoms with Gasteiger partial charge in [-0.15, -0.1) is 0 Å². The molecule has 0 spiro atoms. The number of aromatic amines is 1. The number of pyridine rings is 1. The first-order chi connectivity index (χ1) is 7.26. The SMILES string of the molecule is COc1ccc2[nH]cc(CS)c(=O)c2c1. The Bertz CT molecular complexity index is 543. The number of methoxy groups -OCH3 is 1. The van der Waals surface area contributed by atoms with Gasteiger partial charge in [0.1, 0.15) is 5.75 Å². The van der Waals surface area contributed by atoms with Crippen LogP contribution >= 0.6 is 12.6 Å². The third kappa shape index (κ3) is 1.72. The normalized spacial score (nSPS) is 10.5. The number of ether oxygens (including phenoxy) is 1. The van der Waals surface area contributed by atoms with E-state index < -0.39 is 0 Å². The molecule has 0 amide bonds. The van der Waals surface area contributed by atoms with Gasteiger partial charge in [-0.1, -0.05) is 0 Å². The zero-order valence-electron chi connectivity index (χ0n) is 8.28. The summed E-state index contributed by atoms with van der Waals surface area (Å²) in [5, 5.41) is 0.640. The van der Waals surface area contributed by atoms with Crippen molar-refractivity contribution in [3.63, 3.8) is 0 Å². The second-order valence-electron chi connectivity index (χ2n) is 3.21. The Morgan fingerprint density at radius 2 is 2.27 bits per heavy atom. The van der Waals surface area contributed by atoms with Gasteiger partial charge in [-0.2, -0.15) is 12.6 Å². The second kappa shape index (κ2) is 3.98. The van der Waals surface area contributed by atoms with Crippen molar-refractivity contribution >= 4 is 23.5 Å². The lowest BCUT2D eigenvalue weighted by molar-refractivity contribution is 0.415. The van der Waals surface area contributed by atoms with Crippen molar-refractivity contribution in [2.45, 2.75) is 5.75 Å². The molecule has 0 aliphatic heterocycles. The fraction of sp³-hybridized carbons (Fsp3) is 0.182. The highest BCUT2D eigenvalue weighted by Gasteiger charge is 2.04. The first kappa shape index (κ1) is 10.1. The topological polar surface area (TPSA) is 42.1 Å². The van der Waals surface area contributed by atoms with Crippen molar-refractivity contribution in [2.24, 2.45) is 0 Å². The van der Waals surface area contributed by atoms with E-state index in [1.54, 1.807) is 19.4 Å². The summed E-state index contributed by atoms with van der Waals surface area (Å²) < 4.78 is 5.08. The van der Waals surface area contributed by atoms with Crippen LogP contribution in [0.1, 0.15) is 5.56 Å². The lowest BCUT2D eigenvalue weighted by Gasteiger charge is -2.03. The van der Waals surface area contributed by atoms with Crippen LogP contribution in [0.3, 0.4) is 0 Å². The molecule has 3 nitrogen and oxygen atoms in total. The molecule has 0 saturated heterocycles. The molecule has 1 aromatic heterocycles. The minimum absolute atomic E-state index is 0.0117. The zero-order valence-corrected chi connectivity index (χ0v) is 9.17.